The lowest BCUT2D eigenvalue weighted by molar-refractivity contribution is 0.0948. The van der Waals surface area contributed by atoms with E-state index in [9.17, 15) is 9.90 Å². The normalized spacial score (nSPS) is 9.95. The summed E-state index contributed by atoms with van der Waals surface area (Å²) in [6, 6.07) is 13.9. The molecule has 0 aromatic heterocycles. The predicted octanol–water partition coefficient (Wildman–Crippen LogP) is 2.33. The van der Waals surface area contributed by atoms with Crippen LogP contribution in [0.5, 0.6) is 11.5 Å². The van der Waals surface area contributed by atoms with Crippen molar-refractivity contribution >= 4 is 5.91 Å². The molecule has 0 aliphatic carbocycles. The maximum absolute atomic E-state index is 11.9. The van der Waals surface area contributed by atoms with E-state index in [1.807, 2.05) is 24.3 Å². The molecular formula is C15H15NO3. The van der Waals surface area contributed by atoms with Crippen molar-refractivity contribution in [3.8, 4) is 11.5 Å². The van der Waals surface area contributed by atoms with Crippen molar-refractivity contribution in [3.05, 3.63) is 59.7 Å². The van der Waals surface area contributed by atoms with Crippen molar-refractivity contribution < 1.29 is 14.6 Å². The lowest BCUT2D eigenvalue weighted by Gasteiger charge is -2.10. The number of aromatic hydroxyl groups is 1. The van der Waals surface area contributed by atoms with Gasteiger partial charge in [-0.2, -0.15) is 0 Å². The molecule has 0 saturated carbocycles. The second-order valence-electron chi connectivity index (χ2n) is 4.01. The summed E-state index contributed by atoms with van der Waals surface area (Å²) in [5, 5.41) is 12.3. The van der Waals surface area contributed by atoms with E-state index in [0.717, 1.165) is 11.3 Å². The first-order valence-electron chi connectivity index (χ1n) is 5.90. The molecule has 0 bridgehead atoms. The van der Waals surface area contributed by atoms with Gasteiger partial charge in [0, 0.05) is 12.1 Å². The smallest absolute Gasteiger partial charge is 0.255 e. The highest BCUT2D eigenvalue weighted by atomic mass is 16.5. The van der Waals surface area contributed by atoms with Crippen LogP contribution in [0.25, 0.3) is 0 Å². The number of carbonyl (C=O) groups excluding carboxylic acids is 1. The minimum absolute atomic E-state index is 0.0278. The van der Waals surface area contributed by atoms with Gasteiger partial charge in [-0.3, -0.25) is 4.79 Å². The molecule has 0 saturated heterocycles. The summed E-state index contributed by atoms with van der Waals surface area (Å²) in [7, 11) is 1.59. The summed E-state index contributed by atoms with van der Waals surface area (Å²) in [5.41, 5.74) is 1.14. The Morgan fingerprint density at radius 3 is 2.58 bits per heavy atom. The molecule has 2 aromatic rings. The molecule has 98 valence electrons. The summed E-state index contributed by atoms with van der Waals surface area (Å²) < 4.78 is 5.21. The minimum atomic E-state index is -0.316. The van der Waals surface area contributed by atoms with Gasteiger partial charge in [0.15, 0.2) is 0 Å². The number of phenols is 1. The van der Waals surface area contributed by atoms with E-state index in [2.05, 4.69) is 5.32 Å². The first-order chi connectivity index (χ1) is 9.22. The van der Waals surface area contributed by atoms with E-state index < -0.39 is 0 Å². The van der Waals surface area contributed by atoms with Crippen LogP contribution in [0.1, 0.15) is 15.9 Å². The molecule has 0 atom stereocenters. The molecule has 2 aromatic carbocycles. The van der Waals surface area contributed by atoms with Gasteiger partial charge in [-0.1, -0.05) is 30.3 Å². The van der Waals surface area contributed by atoms with Crippen LogP contribution in [0.3, 0.4) is 0 Å². The average Bonchev–Trinajstić information content (AvgIpc) is 2.45. The average molecular weight is 257 g/mol. The van der Waals surface area contributed by atoms with Gasteiger partial charge in [-0.25, -0.2) is 0 Å². The van der Waals surface area contributed by atoms with Crippen LogP contribution in [0.15, 0.2) is 48.5 Å². The van der Waals surface area contributed by atoms with E-state index in [0.29, 0.717) is 6.54 Å². The van der Waals surface area contributed by atoms with E-state index in [1.54, 1.807) is 25.3 Å². The number of amides is 1. The number of phenolic OH excluding ortho intramolecular Hbond substituents is 1. The van der Waals surface area contributed by atoms with Gasteiger partial charge in [0.25, 0.3) is 5.91 Å². The third kappa shape index (κ3) is 3.04. The molecule has 2 rings (SSSR count). The van der Waals surface area contributed by atoms with E-state index in [4.69, 9.17) is 4.74 Å². The van der Waals surface area contributed by atoms with Crippen molar-refractivity contribution in [1.82, 2.24) is 5.32 Å². The topological polar surface area (TPSA) is 58.6 Å². The van der Waals surface area contributed by atoms with Gasteiger partial charge in [0.1, 0.15) is 11.5 Å². The second kappa shape index (κ2) is 5.91. The van der Waals surface area contributed by atoms with Crippen LogP contribution < -0.4 is 10.1 Å². The van der Waals surface area contributed by atoms with Gasteiger partial charge < -0.3 is 15.2 Å². The van der Waals surface area contributed by atoms with Gasteiger partial charge in [-0.15, -0.1) is 0 Å². The van der Waals surface area contributed by atoms with Crippen LogP contribution in [-0.4, -0.2) is 18.1 Å². The van der Waals surface area contributed by atoms with Gasteiger partial charge in [-0.05, 0) is 18.2 Å². The zero-order valence-corrected chi connectivity index (χ0v) is 10.6. The van der Waals surface area contributed by atoms with Gasteiger partial charge in [0.05, 0.1) is 12.7 Å². The Labute approximate surface area is 111 Å². The van der Waals surface area contributed by atoms with Crippen molar-refractivity contribution in [3.63, 3.8) is 0 Å². The highest BCUT2D eigenvalue weighted by molar-refractivity contribution is 5.96. The van der Waals surface area contributed by atoms with Crippen molar-refractivity contribution in [2.45, 2.75) is 6.54 Å². The molecular weight excluding hydrogens is 242 g/mol. The number of hydrogen-bond donors (Lipinski definition) is 2. The molecule has 0 aliphatic heterocycles. The van der Waals surface area contributed by atoms with Crippen LogP contribution in [0, 0.1) is 0 Å². The zero-order chi connectivity index (χ0) is 13.7. The summed E-state index contributed by atoms with van der Waals surface area (Å²) in [4.78, 5) is 11.9. The number of ether oxygens (including phenoxy) is 1. The van der Waals surface area contributed by atoms with Crippen LogP contribution in [-0.2, 0) is 6.54 Å². The Kier molecular flexibility index (Phi) is 4.03. The number of benzene rings is 2. The van der Waals surface area contributed by atoms with Crippen molar-refractivity contribution in [2.75, 3.05) is 7.11 Å². The fraction of sp³-hybridized carbons (Fsp3) is 0.133. The number of methoxy groups -OCH3 is 1. The molecule has 0 fully saturated rings. The molecule has 0 unspecified atom stereocenters. The van der Waals surface area contributed by atoms with Gasteiger partial charge in [0.2, 0.25) is 0 Å². The predicted molar refractivity (Wildman–Crippen MR) is 72.3 cm³/mol. The number of carbonyl (C=O) groups is 1. The summed E-state index contributed by atoms with van der Waals surface area (Å²) in [5.74, 6) is 0.379. The quantitative estimate of drug-likeness (QED) is 0.883. The maximum Gasteiger partial charge on any atom is 0.255 e. The SMILES string of the molecule is COc1ccccc1CNC(=O)c1ccccc1O. The maximum atomic E-state index is 11.9. The summed E-state index contributed by atoms with van der Waals surface area (Å²) in [6.07, 6.45) is 0. The van der Waals surface area contributed by atoms with E-state index in [1.165, 1.54) is 6.07 Å². The number of hydrogen-bond acceptors (Lipinski definition) is 3. The Hall–Kier alpha value is -2.49. The lowest BCUT2D eigenvalue weighted by atomic mass is 10.1. The van der Waals surface area contributed by atoms with Crippen LogP contribution >= 0.6 is 0 Å². The third-order valence-electron chi connectivity index (χ3n) is 2.78. The number of nitrogens with one attached hydrogen (secondary N) is 1. The molecule has 2 N–H and O–H groups in total. The Bertz CT molecular complexity index is 581. The van der Waals surface area contributed by atoms with E-state index >= 15 is 0 Å². The summed E-state index contributed by atoms with van der Waals surface area (Å²) >= 11 is 0. The molecule has 0 spiro atoms. The van der Waals surface area contributed by atoms with Crippen molar-refractivity contribution in [1.29, 1.82) is 0 Å². The second-order valence-corrected chi connectivity index (χ2v) is 4.01. The molecule has 19 heavy (non-hydrogen) atoms. The fourth-order valence-electron chi connectivity index (χ4n) is 1.79. The number of para-hydroxylation sites is 2. The Balaban J connectivity index is 2.07. The first-order valence-corrected chi connectivity index (χ1v) is 5.90. The lowest BCUT2D eigenvalue weighted by Crippen LogP contribution is -2.23. The molecule has 0 heterocycles. The van der Waals surface area contributed by atoms with Crippen molar-refractivity contribution in [2.24, 2.45) is 0 Å². The molecule has 4 heteroatoms. The Morgan fingerprint density at radius 2 is 1.84 bits per heavy atom. The van der Waals surface area contributed by atoms with Crippen LogP contribution in [0.2, 0.25) is 0 Å². The zero-order valence-electron chi connectivity index (χ0n) is 10.6. The highest BCUT2D eigenvalue weighted by Crippen LogP contribution is 2.18. The number of rotatable bonds is 4. The van der Waals surface area contributed by atoms with Gasteiger partial charge >= 0.3 is 0 Å². The molecule has 1 amide bonds. The van der Waals surface area contributed by atoms with Crippen LogP contribution in [0.4, 0.5) is 0 Å². The largest absolute Gasteiger partial charge is 0.507 e. The summed E-state index contributed by atoms with van der Waals surface area (Å²) in [6.45, 7) is 0.344. The van der Waals surface area contributed by atoms with E-state index in [-0.39, 0.29) is 17.2 Å². The Morgan fingerprint density at radius 1 is 1.16 bits per heavy atom. The third-order valence-corrected chi connectivity index (χ3v) is 2.78. The molecule has 0 radical (unpaired) electrons. The fourth-order valence-corrected chi connectivity index (χ4v) is 1.79. The monoisotopic (exact) mass is 257 g/mol. The highest BCUT2D eigenvalue weighted by Gasteiger charge is 2.10. The molecule has 4 nitrogen and oxygen atoms in total. The molecule has 0 aliphatic rings. The minimum Gasteiger partial charge on any atom is -0.507 e. The first kappa shape index (κ1) is 13.0. The standard InChI is InChI=1S/C15H15NO3/c1-19-14-9-5-2-6-11(14)10-16-15(18)12-7-3-4-8-13(12)17/h2-9,17H,10H2,1H3,(H,16,18).